The van der Waals surface area contributed by atoms with Gasteiger partial charge in [-0.05, 0) is 99.3 Å². The van der Waals surface area contributed by atoms with Gasteiger partial charge in [0, 0.05) is 16.6 Å². The molecular formula is C26H26Cl2FNO3. The van der Waals surface area contributed by atoms with Crippen molar-refractivity contribution in [3.8, 4) is 5.75 Å². The molecule has 7 heteroatoms. The fourth-order valence-corrected chi connectivity index (χ4v) is 4.25. The molecule has 1 fully saturated rings. The second-order valence-corrected chi connectivity index (χ2v) is 10.3. The van der Waals surface area contributed by atoms with E-state index in [9.17, 15) is 9.18 Å². The Balaban J connectivity index is 1.50. The molecular weight excluding hydrogens is 464 g/mol. The van der Waals surface area contributed by atoms with Crippen molar-refractivity contribution in [1.82, 2.24) is 4.90 Å². The first kappa shape index (κ1) is 23.7. The van der Waals surface area contributed by atoms with Gasteiger partial charge in [-0.25, -0.2) is 9.18 Å². The number of carbonyl (C=O) groups excluding carboxylic acids is 1. The molecule has 4 nitrogen and oxygen atoms in total. The third kappa shape index (κ3) is 6.30. The number of hydrogen-bond donors (Lipinski definition) is 0. The average Bonchev–Trinajstić information content (AvgIpc) is 3.51. The highest BCUT2D eigenvalue weighted by Crippen LogP contribution is 2.43. The lowest BCUT2D eigenvalue weighted by molar-refractivity contribution is 0.00645. The predicted octanol–water partition coefficient (Wildman–Crippen LogP) is 7.26. The Labute approximate surface area is 203 Å². The van der Waals surface area contributed by atoms with E-state index in [1.165, 1.54) is 6.07 Å². The molecule has 33 heavy (non-hydrogen) atoms. The van der Waals surface area contributed by atoms with Gasteiger partial charge in [0.2, 0.25) is 0 Å². The maximum atomic E-state index is 14.9. The Morgan fingerprint density at radius 1 is 1.12 bits per heavy atom. The molecule has 1 aliphatic carbocycles. The number of esters is 1. The number of benzene rings is 2. The minimum absolute atomic E-state index is 0.00786. The van der Waals surface area contributed by atoms with E-state index in [0.717, 1.165) is 29.7 Å². The molecule has 0 N–H and O–H groups in total. The van der Waals surface area contributed by atoms with Crippen molar-refractivity contribution in [2.75, 3.05) is 6.54 Å². The van der Waals surface area contributed by atoms with E-state index in [0.29, 0.717) is 34.8 Å². The van der Waals surface area contributed by atoms with Crippen LogP contribution < -0.4 is 4.74 Å². The highest BCUT2D eigenvalue weighted by Gasteiger charge is 2.30. The lowest BCUT2D eigenvalue weighted by Crippen LogP contribution is -2.26. The van der Waals surface area contributed by atoms with Crippen molar-refractivity contribution >= 4 is 29.2 Å². The van der Waals surface area contributed by atoms with Crippen LogP contribution in [-0.4, -0.2) is 23.0 Å². The van der Waals surface area contributed by atoms with Crippen LogP contribution in [0.1, 0.15) is 61.0 Å². The van der Waals surface area contributed by atoms with Gasteiger partial charge in [0.25, 0.3) is 0 Å². The molecule has 2 aromatic rings. The Bertz CT molecular complexity index is 1110. The second-order valence-electron chi connectivity index (χ2n) is 9.39. The van der Waals surface area contributed by atoms with Gasteiger partial charge in [0.1, 0.15) is 22.9 Å². The second kappa shape index (κ2) is 9.40. The molecule has 1 saturated carbocycles. The van der Waals surface area contributed by atoms with Gasteiger partial charge in [-0.2, -0.15) is 0 Å². The highest BCUT2D eigenvalue weighted by molar-refractivity contribution is 6.34. The molecule has 0 amide bonds. The molecule has 1 heterocycles. The van der Waals surface area contributed by atoms with Crippen LogP contribution in [-0.2, 0) is 11.3 Å². The molecule has 174 valence electrons. The predicted molar refractivity (Wildman–Crippen MR) is 128 cm³/mol. The minimum Gasteiger partial charge on any atom is -0.460 e. The summed E-state index contributed by atoms with van der Waals surface area (Å²) in [6, 6.07) is 8.19. The molecule has 0 unspecified atom stereocenters. The van der Waals surface area contributed by atoms with E-state index >= 15 is 0 Å². The fourth-order valence-electron chi connectivity index (χ4n) is 3.74. The smallest absolute Gasteiger partial charge is 0.341 e. The third-order valence-corrected chi connectivity index (χ3v) is 5.70. The summed E-state index contributed by atoms with van der Waals surface area (Å²) in [5, 5.41) is 0.992. The number of rotatable bonds is 6. The van der Waals surface area contributed by atoms with Crippen LogP contribution >= 0.6 is 23.2 Å². The topological polar surface area (TPSA) is 38.8 Å². The van der Waals surface area contributed by atoms with Gasteiger partial charge in [-0.3, -0.25) is 0 Å². The number of hydrogen-bond acceptors (Lipinski definition) is 4. The zero-order valence-corrected chi connectivity index (χ0v) is 20.3. The molecule has 0 atom stereocenters. The number of nitrogens with zero attached hydrogens (tertiary/aromatic N) is 1. The Morgan fingerprint density at radius 3 is 2.45 bits per heavy atom. The van der Waals surface area contributed by atoms with E-state index in [1.807, 2.05) is 23.3 Å². The van der Waals surface area contributed by atoms with Crippen LogP contribution in [0, 0.1) is 5.82 Å². The number of ether oxygens (including phenoxy) is 2. The van der Waals surface area contributed by atoms with Gasteiger partial charge >= 0.3 is 5.97 Å². The summed E-state index contributed by atoms with van der Waals surface area (Å²) < 4.78 is 26.3. The molecule has 0 spiro atoms. The van der Waals surface area contributed by atoms with Crippen LogP contribution in [0.2, 0.25) is 10.0 Å². The van der Waals surface area contributed by atoms with Crippen molar-refractivity contribution in [2.45, 2.75) is 51.7 Å². The van der Waals surface area contributed by atoms with E-state index in [-0.39, 0.29) is 5.56 Å². The lowest BCUT2D eigenvalue weighted by atomic mass is 9.98. The first-order valence-corrected chi connectivity index (χ1v) is 11.6. The molecule has 0 saturated heterocycles. The van der Waals surface area contributed by atoms with Crippen LogP contribution in [0.3, 0.4) is 0 Å². The minimum atomic E-state index is -0.684. The summed E-state index contributed by atoms with van der Waals surface area (Å²) in [4.78, 5) is 14.6. The van der Waals surface area contributed by atoms with Crippen molar-refractivity contribution in [3.05, 3.63) is 87.0 Å². The average molecular weight is 490 g/mol. The maximum Gasteiger partial charge on any atom is 0.341 e. The molecule has 0 bridgehead atoms. The standard InChI is InChI=1S/C26H26Cl2FNO3/c1-26(2,3)33-25(31)23-13-22(16-6-7-16)17(9-24(23)29)14-30-8-4-5-20(15-30)32-21-11-18(27)10-19(28)12-21/h4-5,8-13,16H,6-7,14-15H2,1-3H3. The highest BCUT2D eigenvalue weighted by atomic mass is 35.5. The van der Waals surface area contributed by atoms with E-state index in [1.54, 1.807) is 45.0 Å². The molecule has 2 aromatic carbocycles. The number of halogens is 3. The summed E-state index contributed by atoms with van der Waals surface area (Å²) in [6.45, 7) is 6.30. The van der Waals surface area contributed by atoms with Gasteiger partial charge in [-0.1, -0.05) is 23.2 Å². The summed E-state index contributed by atoms with van der Waals surface area (Å²) in [6.07, 6.45) is 7.76. The molecule has 0 aromatic heterocycles. The van der Waals surface area contributed by atoms with Gasteiger partial charge in [-0.15, -0.1) is 0 Å². The van der Waals surface area contributed by atoms with Crippen molar-refractivity contribution in [1.29, 1.82) is 0 Å². The molecule has 0 radical (unpaired) electrons. The van der Waals surface area contributed by atoms with Crippen molar-refractivity contribution in [2.24, 2.45) is 0 Å². The lowest BCUT2D eigenvalue weighted by Gasteiger charge is -2.26. The van der Waals surface area contributed by atoms with Crippen LogP contribution in [0.5, 0.6) is 5.75 Å². The molecule has 4 rings (SSSR count). The van der Waals surface area contributed by atoms with E-state index in [2.05, 4.69) is 0 Å². The first-order valence-electron chi connectivity index (χ1n) is 10.9. The SMILES string of the molecule is CC(C)(C)OC(=O)c1cc(C2CC2)c(CN2C=CC=C(Oc3cc(Cl)cc(Cl)c3)C2)cc1F. The zero-order chi connectivity index (χ0) is 23.8. The summed E-state index contributed by atoms with van der Waals surface area (Å²) in [7, 11) is 0. The van der Waals surface area contributed by atoms with Crippen LogP contribution in [0.15, 0.2) is 54.4 Å². The summed E-state index contributed by atoms with van der Waals surface area (Å²) in [5.74, 6) is 0.417. The normalized spacial score (nSPS) is 15.9. The monoisotopic (exact) mass is 489 g/mol. The van der Waals surface area contributed by atoms with Gasteiger partial charge < -0.3 is 14.4 Å². The zero-order valence-electron chi connectivity index (χ0n) is 18.8. The maximum absolute atomic E-state index is 14.9. The van der Waals surface area contributed by atoms with E-state index in [4.69, 9.17) is 32.7 Å². The van der Waals surface area contributed by atoms with Gasteiger partial charge in [0.05, 0.1) is 12.1 Å². The van der Waals surface area contributed by atoms with E-state index < -0.39 is 17.4 Å². The Hall–Kier alpha value is -2.50. The first-order chi connectivity index (χ1) is 15.6. The summed E-state index contributed by atoms with van der Waals surface area (Å²) in [5.41, 5.74) is 1.17. The Kier molecular flexibility index (Phi) is 6.73. The van der Waals surface area contributed by atoms with Crippen LogP contribution in [0.25, 0.3) is 0 Å². The van der Waals surface area contributed by atoms with Crippen LogP contribution in [0.4, 0.5) is 4.39 Å². The number of allylic oxidation sites excluding steroid dienone is 2. The van der Waals surface area contributed by atoms with Crippen molar-refractivity contribution in [3.63, 3.8) is 0 Å². The number of carbonyl (C=O) groups is 1. The summed E-state index contributed by atoms with van der Waals surface area (Å²) >= 11 is 12.1. The van der Waals surface area contributed by atoms with Crippen molar-refractivity contribution < 1.29 is 18.7 Å². The third-order valence-electron chi connectivity index (χ3n) is 5.26. The largest absolute Gasteiger partial charge is 0.460 e. The fraction of sp³-hybridized carbons (Fsp3) is 0.346. The molecule has 1 aliphatic heterocycles. The molecule has 2 aliphatic rings. The Morgan fingerprint density at radius 2 is 1.82 bits per heavy atom. The quantitative estimate of drug-likeness (QED) is 0.400. The van der Waals surface area contributed by atoms with Gasteiger partial charge in [0.15, 0.2) is 0 Å².